The first-order valence-corrected chi connectivity index (χ1v) is 6.11. The number of nitrogens with one attached hydrogen (secondary N) is 1. The lowest BCUT2D eigenvalue weighted by molar-refractivity contribution is -0.117. The highest BCUT2D eigenvalue weighted by atomic mass is 127. The normalized spacial score (nSPS) is 11.3. The van der Waals surface area contributed by atoms with Crippen molar-refractivity contribution >= 4 is 34.2 Å². The summed E-state index contributed by atoms with van der Waals surface area (Å²) in [6, 6.07) is 4.32. The molecule has 1 aromatic rings. The molecule has 0 fully saturated rings. The van der Waals surface area contributed by atoms with E-state index >= 15 is 0 Å². The molecule has 0 spiro atoms. The second-order valence-electron chi connectivity index (χ2n) is 4.91. The molecule has 1 aromatic carbocycles. The summed E-state index contributed by atoms with van der Waals surface area (Å²) in [4.78, 5) is 11.7. The second kappa shape index (κ2) is 5.12. The molecule has 0 unspecified atom stereocenters. The summed E-state index contributed by atoms with van der Waals surface area (Å²) in [6.45, 7) is 6.01. The lowest BCUT2D eigenvalue weighted by Crippen LogP contribution is -2.20. The zero-order chi connectivity index (χ0) is 12.3. The zero-order valence-electron chi connectivity index (χ0n) is 9.60. The fourth-order valence-corrected chi connectivity index (χ4v) is 1.88. The van der Waals surface area contributed by atoms with E-state index in [4.69, 9.17) is 0 Å². The van der Waals surface area contributed by atoms with Gasteiger partial charge in [0.1, 0.15) is 5.82 Å². The number of rotatable bonds is 2. The first kappa shape index (κ1) is 13.4. The molecule has 0 aliphatic carbocycles. The molecule has 0 aliphatic heterocycles. The van der Waals surface area contributed by atoms with Crippen molar-refractivity contribution < 1.29 is 9.18 Å². The number of hydrogen-bond donors (Lipinski definition) is 1. The molecule has 1 rings (SSSR count). The van der Waals surface area contributed by atoms with Gasteiger partial charge in [0.2, 0.25) is 5.91 Å². The van der Waals surface area contributed by atoms with E-state index in [1.165, 1.54) is 12.1 Å². The maximum absolute atomic E-state index is 12.8. The maximum Gasteiger partial charge on any atom is 0.224 e. The molecule has 0 heterocycles. The van der Waals surface area contributed by atoms with Gasteiger partial charge in [0.05, 0.1) is 5.69 Å². The second-order valence-corrected chi connectivity index (χ2v) is 6.07. The van der Waals surface area contributed by atoms with Crippen molar-refractivity contribution in [3.8, 4) is 0 Å². The van der Waals surface area contributed by atoms with Crippen LogP contribution in [0.5, 0.6) is 0 Å². The lowest BCUT2D eigenvalue weighted by Gasteiger charge is -2.17. The van der Waals surface area contributed by atoms with E-state index in [1.807, 2.05) is 43.4 Å². The number of carbonyl (C=O) groups is 1. The predicted octanol–water partition coefficient (Wildman–Crippen LogP) is 3.81. The van der Waals surface area contributed by atoms with Crippen LogP contribution < -0.4 is 5.32 Å². The monoisotopic (exact) mass is 335 g/mol. The molecule has 0 atom stereocenters. The zero-order valence-corrected chi connectivity index (χ0v) is 11.8. The van der Waals surface area contributed by atoms with Crippen LogP contribution in [0.3, 0.4) is 0 Å². The molecular formula is C12H15FINO. The quantitative estimate of drug-likeness (QED) is 0.819. The molecule has 1 N–H and O–H groups in total. The molecule has 1 amide bonds. The molecule has 0 aliphatic rings. The van der Waals surface area contributed by atoms with Gasteiger partial charge in [0.25, 0.3) is 0 Å². The number of benzene rings is 1. The van der Waals surface area contributed by atoms with Crippen molar-refractivity contribution in [2.75, 3.05) is 5.32 Å². The number of carbonyl (C=O) groups excluding carboxylic acids is 1. The first-order valence-electron chi connectivity index (χ1n) is 5.03. The van der Waals surface area contributed by atoms with Crippen molar-refractivity contribution in [3.05, 3.63) is 27.6 Å². The largest absolute Gasteiger partial charge is 0.325 e. The summed E-state index contributed by atoms with van der Waals surface area (Å²) in [7, 11) is 0. The van der Waals surface area contributed by atoms with Crippen molar-refractivity contribution in [2.45, 2.75) is 27.2 Å². The van der Waals surface area contributed by atoms with E-state index in [1.54, 1.807) is 6.07 Å². The Kier molecular flexibility index (Phi) is 4.29. The highest BCUT2D eigenvalue weighted by Gasteiger charge is 2.16. The highest BCUT2D eigenvalue weighted by molar-refractivity contribution is 14.1. The Morgan fingerprint density at radius 2 is 2.06 bits per heavy atom. The Bertz CT molecular complexity index is 398. The average Bonchev–Trinajstić information content (AvgIpc) is 2.06. The molecule has 16 heavy (non-hydrogen) atoms. The first-order chi connectivity index (χ1) is 7.28. The van der Waals surface area contributed by atoms with Gasteiger partial charge < -0.3 is 5.32 Å². The number of anilines is 1. The molecule has 0 saturated carbocycles. The SMILES string of the molecule is CC(C)(C)CC(=O)Nc1ccc(F)cc1I. The highest BCUT2D eigenvalue weighted by Crippen LogP contribution is 2.22. The summed E-state index contributed by atoms with van der Waals surface area (Å²) >= 11 is 2.00. The number of halogens is 2. The van der Waals surface area contributed by atoms with E-state index in [-0.39, 0.29) is 17.1 Å². The summed E-state index contributed by atoms with van der Waals surface area (Å²) in [5.74, 6) is -0.338. The van der Waals surface area contributed by atoms with Crippen LogP contribution in [0.15, 0.2) is 18.2 Å². The van der Waals surface area contributed by atoms with Crippen molar-refractivity contribution in [1.82, 2.24) is 0 Å². The molecule has 88 valence electrons. The molecular weight excluding hydrogens is 320 g/mol. The minimum absolute atomic E-state index is 0.0444. The third kappa shape index (κ3) is 4.47. The third-order valence-electron chi connectivity index (χ3n) is 1.90. The topological polar surface area (TPSA) is 29.1 Å². The van der Waals surface area contributed by atoms with Crippen LogP contribution in [0.1, 0.15) is 27.2 Å². The van der Waals surface area contributed by atoms with E-state index < -0.39 is 0 Å². The van der Waals surface area contributed by atoms with Crippen LogP contribution in [-0.2, 0) is 4.79 Å². The average molecular weight is 335 g/mol. The summed E-state index contributed by atoms with van der Waals surface area (Å²) in [5.41, 5.74) is 0.617. The predicted molar refractivity (Wildman–Crippen MR) is 71.8 cm³/mol. The van der Waals surface area contributed by atoms with Gasteiger partial charge in [-0.15, -0.1) is 0 Å². The smallest absolute Gasteiger partial charge is 0.224 e. The Morgan fingerprint density at radius 1 is 1.44 bits per heavy atom. The lowest BCUT2D eigenvalue weighted by atomic mass is 9.92. The van der Waals surface area contributed by atoms with Gasteiger partial charge in [-0.25, -0.2) is 4.39 Å². The fraction of sp³-hybridized carbons (Fsp3) is 0.417. The molecule has 0 aromatic heterocycles. The third-order valence-corrected chi connectivity index (χ3v) is 2.79. The van der Waals surface area contributed by atoms with Crippen LogP contribution in [0.25, 0.3) is 0 Å². The molecule has 0 radical (unpaired) electrons. The van der Waals surface area contributed by atoms with Gasteiger partial charge in [-0.3, -0.25) is 4.79 Å². The molecule has 4 heteroatoms. The number of hydrogen-bond acceptors (Lipinski definition) is 1. The summed E-state index contributed by atoms with van der Waals surface area (Å²) in [6.07, 6.45) is 0.445. The minimum Gasteiger partial charge on any atom is -0.325 e. The van der Waals surface area contributed by atoms with Crippen LogP contribution in [-0.4, -0.2) is 5.91 Å². The summed E-state index contributed by atoms with van der Waals surface area (Å²) < 4.78 is 13.5. The fourth-order valence-electron chi connectivity index (χ4n) is 1.27. The Hall–Kier alpha value is -0.650. The Labute approximate surface area is 109 Å². The van der Waals surface area contributed by atoms with Crippen molar-refractivity contribution in [3.63, 3.8) is 0 Å². The van der Waals surface area contributed by atoms with Crippen LogP contribution in [0, 0.1) is 14.8 Å². The van der Waals surface area contributed by atoms with Crippen molar-refractivity contribution in [2.24, 2.45) is 5.41 Å². The molecule has 0 saturated heterocycles. The Morgan fingerprint density at radius 3 is 2.56 bits per heavy atom. The van der Waals surface area contributed by atoms with Crippen LogP contribution in [0.4, 0.5) is 10.1 Å². The van der Waals surface area contributed by atoms with E-state index in [2.05, 4.69) is 5.32 Å². The van der Waals surface area contributed by atoms with Gasteiger partial charge in [0.15, 0.2) is 0 Å². The van der Waals surface area contributed by atoms with E-state index in [0.29, 0.717) is 15.7 Å². The van der Waals surface area contributed by atoms with Gasteiger partial charge >= 0.3 is 0 Å². The molecule has 0 bridgehead atoms. The van der Waals surface area contributed by atoms with E-state index in [0.717, 1.165) is 0 Å². The van der Waals surface area contributed by atoms with Crippen LogP contribution in [0.2, 0.25) is 0 Å². The number of amides is 1. The maximum atomic E-state index is 12.8. The Balaban J connectivity index is 2.70. The van der Waals surface area contributed by atoms with Crippen molar-refractivity contribution in [1.29, 1.82) is 0 Å². The van der Waals surface area contributed by atoms with Gasteiger partial charge in [0, 0.05) is 9.99 Å². The van der Waals surface area contributed by atoms with Crippen LogP contribution >= 0.6 is 22.6 Å². The molecule has 2 nitrogen and oxygen atoms in total. The minimum atomic E-state index is -0.293. The van der Waals surface area contributed by atoms with E-state index in [9.17, 15) is 9.18 Å². The standard InChI is InChI=1S/C12H15FINO/c1-12(2,3)7-11(16)15-10-5-4-8(13)6-9(10)14/h4-6H,7H2,1-3H3,(H,15,16). The summed E-state index contributed by atoms with van der Waals surface area (Å²) in [5, 5.41) is 2.78. The van der Waals surface area contributed by atoms with Gasteiger partial charge in [-0.1, -0.05) is 20.8 Å². The van der Waals surface area contributed by atoms with Gasteiger partial charge in [-0.05, 0) is 46.2 Å². The van der Waals surface area contributed by atoms with Gasteiger partial charge in [-0.2, -0.15) is 0 Å².